The molecular formula is C11H8BrF3N2. The van der Waals surface area contributed by atoms with Crippen LogP contribution in [0.2, 0.25) is 0 Å². The van der Waals surface area contributed by atoms with E-state index in [2.05, 4.69) is 26.2 Å². The van der Waals surface area contributed by atoms with E-state index in [1.807, 2.05) is 0 Å². The third-order valence-corrected chi connectivity index (χ3v) is 3.01. The second-order valence-electron chi connectivity index (χ2n) is 3.43. The van der Waals surface area contributed by atoms with Gasteiger partial charge in [0.05, 0.1) is 5.56 Å². The van der Waals surface area contributed by atoms with Gasteiger partial charge in [0.2, 0.25) is 0 Å². The number of nitrogens with zero attached hydrogens (tertiary/aromatic N) is 1. The molecule has 0 saturated heterocycles. The summed E-state index contributed by atoms with van der Waals surface area (Å²) < 4.78 is 38.9. The van der Waals surface area contributed by atoms with E-state index < -0.39 is 11.7 Å². The Morgan fingerprint density at radius 3 is 2.59 bits per heavy atom. The molecule has 0 aliphatic carbocycles. The summed E-state index contributed by atoms with van der Waals surface area (Å²) in [5.74, 6) is 0.425. The second kappa shape index (κ2) is 4.18. The predicted molar refractivity (Wildman–Crippen MR) is 64.0 cm³/mol. The molecule has 0 bridgehead atoms. The lowest BCUT2D eigenvalue weighted by Gasteiger charge is -2.13. The Labute approximate surface area is 104 Å². The van der Waals surface area contributed by atoms with E-state index in [0.29, 0.717) is 15.7 Å². The van der Waals surface area contributed by atoms with Crippen molar-refractivity contribution in [2.45, 2.75) is 6.18 Å². The van der Waals surface area contributed by atoms with Gasteiger partial charge in [0.15, 0.2) is 0 Å². The van der Waals surface area contributed by atoms with Crippen LogP contribution in [0.15, 0.2) is 28.9 Å². The molecule has 0 aliphatic heterocycles. The van der Waals surface area contributed by atoms with E-state index in [1.54, 1.807) is 13.1 Å². The fourth-order valence-corrected chi connectivity index (χ4v) is 2.23. The molecule has 1 aromatic carbocycles. The molecule has 1 heterocycles. The minimum absolute atomic E-state index is 0.124. The quantitative estimate of drug-likeness (QED) is 0.859. The number of alkyl halides is 3. The van der Waals surface area contributed by atoms with Gasteiger partial charge in [-0.25, -0.2) is 4.98 Å². The average Bonchev–Trinajstić information content (AvgIpc) is 2.28. The Balaban J connectivity index is 2.89. The van der Waals surface area contributed by atoms with Crippen LogP contribution in [0.4, 0.5) is 19.0 Å². The van der Waals surface area contributed by atoms with E-state index in [4.69, 9.17) is 0 Å². The molecular weight excluding hydrogens is 297 g/mol. The molecule has 0 atom stereocenters. The zero-order valence-electron chi connectivity index (χ0n) is 8.77. The highest BCUT2D eigenvalue weighted by Crippen LogP contribution is 2.39. The zero-order valence-corrected chi connectivity index (χ0v) is 10.4. The topological polar surface area (TPSA) is 24.9 Å². The number of rotatable bonds is 1. The first-order valence-corrected chi connectivity index (χ1v) is 5.56. The van der Waals surface area contributed by atoms with Crippen LogP contribution in [0.3, 0.4) is 0 Å². The van der Waals surface area contributed by atoms with E-state index in [-0.39, 0.29) is 5.39 Å². The van der Waals surface area contributed by atoms with Gasteiger partial charge in [0.1, 0.15) is 5.82 Å². The summed E-state index contributed by atoms with van der Waals surface area (Å²) in [6.07, 6.45) is -3.02. The number of aromatic nitrogens is 1. The van der Waals surface area contributed by atoms with Crippen molar-refractivity contribution in [3.63, 3.8) is 0 Å². The third kappa shape index (κ3) is 2.09. The standard InChI is InChI=1S/C11H8BrF3N2/c1-16-10-6-3-2-4-7(11(13,14)15)9(6)8(12)5-17-10/h2-5H,1H3,(H,16,17). The molecule has 90 valence electrons. The van der Waals surface area contributed by atoms with Gasteiger partial charge < -0.3 is 5.32 Å². The van der Waals surface area contributed by atoms with Crippen molar-refractivity contribution in [2.24, 2.45) is 0 Å². The lowest BCUT2D eigenvalue weighted by atomic mass is 10.1. The van der Waals surface area contributed by atoms with Crippen molar-refractivity contribution in [2.75, 3.05) is 12.4 Å². The highest BCUT2D eigenvalue weighted by atomic mass is 79.9. The molecule has 0 fully saturated rings. The van der Waals surface area contributed by atoms with Crippen LogP contribution in [-0.4, -0.2) is 12.0 Å². The molecule has 0 radical (unpaired) electrons. The van der Waals surface area contributed by atoms with Gasteiger partial charge in [0.25, 0.3) is 0 Å². The summed E-state index contributed by atoms with van der Waals surface area (Å²) in [6, 6.07) is 4.04. The summed E-state index contributed by atoms with van der Waals surface area (Å²) in [6.45, 7) is 0. The van der Waals surface area contributed by atoms with Crippen molar-refractivity contribution in [1.82, 2.24) is 4.98 Å². The maximum Gasteiger partial charge on any atom is 0.417 e. The van der Waals surface area contributed by atoms with Gasteiger partial charge in [-0.3, -0.25) is 0 Å². The van der Waals surface area contributed by atoms with Gasteiger partial charge >= 0.3 is 6.18 Å². The Hall–Kier alpha value is -1.30. The fourth-order valence-electron chi connectivity index (χ4n) is 1.70. The Morgan fingerprint density at radius 1 is 1.29 bits per heavy atom. The van der Waals surface area contributed by atoms with Crippen LogP contribution < -0.4 is 5.32 Å². The first-order valence-electron chi connectivity index (χ1n) is 4.77. The fraction of sp³-hybridized carbons (Fsp3) is 0.182. The molecule has 1 aromatic heterocycles. The normalized spacial score (nSPS) is 11.8. The number of halogens is 4. The zero-order chi connectivity index (χ0) is 12.6. The molecule has 2 rings (SSSR count). The highest BCUT2D eigenvalue weighted by molar-refractivity contribution is 9.10. The van der Waals surface area contributed by atoms with Gasteiger partial charge in [-0.05, 0) is 22.0 Å². The van der Waals surface area contributed by atoms with Crippen molar-refractivity contribution in [3.05, 3.63) is 34.4 Å². The Bertz CT molecular complexity index is 566. The largest absolute Gasteiger partial charge is 0.417 e. The number of nitrogens with one attached hydrogen (secondary N) is 1. The van der Waals surface area contributed by atoms with Crippen molar-refractivity contribution < 1.29 is 13.2 Å². The minimum atomic E-state index is -4.38. The molecule has 6 heteroatoms. The summed E-state index contributed by atoms with van der Waals surface area (Å²) in [4.78, 5) is 4.02. The van der Waals surface area contributed by atoms with E-state index >= 15 is 0 Å². The molecule has 2 aromatic rings. The van der Waals surface area contributed by atoms with Crippen LogP contribution in [-0.2, 0) is 6.18 Å². The minimum Gasteiger partial charge on any atom is -0.373 e. The lowest BCUT2D eigenvalue weighted by Crippen LogP contribution is -2.06. The van der Waals surface area contributed by atoms with Crippen LogP contribution in [0.25, 0.3) is 10.8 Å². The van der Waals surface area contributed by atoms with Gasteiger partial charge in [-0.1, -0.05) is 12.1 Å². The maximum absolute atomic E-state index is 12.9. The smallest absolute Gasteiger partial charge is 0.373 e. The monoisotopic (exact) mass is 304 g/mol. The van der Waals surface area contributed by atoms with Gasteiger partial charge in [-0.15, -0.1) is 0 Å². The van der Waals surface area contributed by atoms with E-state index in [9.17, 15) is 13.2 Å². The van der Waals surface area contributed by atoms with Crippen LogP contribution in [0, 0.1) is 0 Å². The number of hydrogen-bond donors (Lipinski definition) is 1. The molecule has 0 saturated carbocycles. The molecule has 0 unspecified atom stereocenters. The second-order valence-corrected chi connectivity index (χ2v) is 4.28. The maximum atomic E-state index is 12.9. The first-order chi connectivity index (χ1) is 7.95. The molecule has 0 spiro atoms. The van der Waals surface area contributed by atoms with Gasteiger partial charge in [0, 0.05) is 28.5 Å². The van der Waals surface area contributed by atoms with E-state index in [1.165, 1.54) is 12.3 Å². The van der Waals surface area contributed by atoms with Crippen LogP contribution in [0.5, 0.6) is 0 Å². The van der Waals surface area contributed by atoms with Crippen molar-refractivity contribution in [3.8, 4) is 0 Å². The van der Waals surface area contributed by atoms with Crippen LogP contribution >= 0.6 is 15.9 Å². The van der Waals surface area contributed by atoms with Crippen molar-refractivity contribution in [1.29, 1.82) is 0 Å². The Morgan fingerprint density at radius 2 is 2.00 bits per heavy atom. The lowest BCUT2D eigenvalue weighted by molar-refractivity contribution is -0.136. The average molecular weight is 305 g/mol. The summed E-state index contributed by atoms with van der Waals surface area (Å²) in [5, 5.41) is 3.34. The third-order valence-electron chi connectivity index (χ3n) is 2.41. The van der Waals surface area contributed by atoms with Crippen molar-refractivity contribution >= 4 is 32.5 Å². The predicted octanol–water partition coefficient (Wildman–Crippen LogP) is 4.06. The summed E-state index contributed by atoms with van der Waals surface area (Å²) in [7, 11) is 1.62. The van der Waals surface area contributed by atoms with Crippen LogP contribution in [0.1, 0.15) is 5.56 Å². The molecule has 1 N–H and O–H groups in total. The number of hydrogen-bond acceptors (Lipinski definition) is 2. The number of pyridine rings is 1. The Kier molecular flexibility index (Phi) is 2.99. The molecule has 17 heavy (non-hydrogen) atoms. The molecule has 0 amide bonds. The first kappa shape index (κ1) is 12.2. The molecule has 2 nitrogen and oxygen atoms in total. The number of benzene rings is 1. The SMILES string of the molecule is CNc1ncc(Br)c2c(C(F)(F)F)cccc12. The summed E-state index contributed by atoms with van der Waals surface area (Å²) >= 11 is 3.11. The van der Waals surface area contributed by atoms with E-state index in [0.717, 1.165) is 6.07 Å². The van der Waals surface area contributed by atoms with Gasteiger partial charge in [-0.2, -0.15) is 13.2 Å². The highest BCUT2D eigenvalue weighted by Gasteiger charge is 2.33. The summed E-state index contributed by atoms with van der Waals surface area (Å²) in [5.41, 5.74) is -0.666. The number of anilines is 1. The number of fused-ring (bicyclic) bond motifs is 1. The molecule has 0 aliphatic rings.